The van der Waals surface area contributed by atoms with Gasteiger partial charge < -0.3 is 15.0 Å². The highest BCUT2D eigenvalue weighted by Gasteiger charge is 2.20. The fourth-order valence-electron chi connectivity index (χ4n) is 2.17. The highest BCUT2D eigenvalue weighted by molar-refractivity contribution is 5.96. The monoisotopic (exact) mass is 248 g/mol. The van der Waals surface area contributed by atoms with E-state index in [1.54, 1.807) is 13.1 Å². The molecule has 1 amide bonds. The Morgan fingerprint density at radius 1 is 1.33 bits per heavy atom. The Kier molecular flexibility index (Phi) is 4.20. The molecule has 18 heavy (non-hydrogen) atoms. The summed E-state index contributed by atoms with van der Waals surface area (Å²) in [5, 5.41) is 2.64. The molecular formula is C14H20N2O2. The first-order valence-corrected chi connectivity index (χ1v) is 6.37. The quantitative estimate of drug-likeness (QED) is 0.881. The predicted octanol–water partition coefficient (Wildman–Crippen LogP) is 1.52. The highest BCUT2D eigenvalue weighted by atomic mass is 16.5. The van der Waals surface area contributed by atoms with Gasteiger partial charge in [-0.3, -0.25) is 4.79 Å². The minimum Gasteiger partial charge on any atom is -0.489 e. The lowest BCUT2D eigenvalue weighted by atomic mass is 10.1. The van der Waals surface area contributed by atoms with Crippen LogP contribution in [0, 0.1) is 0 Å². The number of nitrogens with zero attached hydrogens (tertiary/aromatic N) is 1. The standard InChI is InChI=1S/C14H20N2O2/c1-15-14(17)12-5-3-4-6-13(12)18-11-7-9-16(2)10-8-11/h3-6,11H,7-10H2,1-2H3,(H,15,17). The van der Waals surface area contributed by atoms with Crippen LogP contribution in [0.4, 0.5) is 0 Å². The van der Waals surface area contributed by atoms with Gasteiger partial charge in [0, 0.05) is 20.1 Å². The van der Waals surface area contributed by atoms with Gasteiger partial charge in [0.1, 0.15) is 11.9 Å². The molecule has 0 spiro atoms. The summed E-state index contributed by atoms with van der Waals surface area (Å²) in [6.07, 6.45) is 2.24. The van der Waals surface area contributed by atoms with Crippen molar-refractivity contribution >= 4 is 5.91 Å². The van der Waals surface area contributed by atoms with Gasteiger partial charge in [-0.05, 0) is 32.0 Å². The summed E-state index contributed by atoms with van der Waals surface area (Å²) < 4.78 is 5.97. The largest absolute Gasteiger partial charge is 0.489 e. The number of piperidine rings is 1. The molecule has 98 valence electrons. The third kappa shape index (κ3) is 3.01. The van der Waals surface area contributed by atoms with E-state index in [2.05, 4.69) is 17.3 Å². The molecule has 1 aliphatic heterocycles. The van der Waals surface area contributed by atoms with Gasteiger partial charge in [0.25, 0.3) is 5.91 Å². The topological polar surface area (TPSA) is 41.6 Å². The number of hydrogen-bond acceptors (Lipinski definition) is 3. The van der Waals surface area contributed by atoms with E-state index in [1.807, 2.05) is 18.2 Å². The van der Waals surface area contributed by atoms with Crippen molar-refractivity contribution in [3.63, 3.8) is 0 Å². The Bertz CT molecular complexity index is 412. The second-order valence-electron chi connectivity index (χ2n) is 4.70. The molecule has 1 heterocycles. The Hall–Kier alpha value is -1.55. The number of carbonyl (C=O) groups is 1. The number of benzene rings is 1. The summed E-state index contributed by atoms with van der Waals surface area (Å²) in [6, 6.07) is 7.41. The fourth-order valence-corrected chi connectivity index (χ4v) is 2.17. The van der Waals surface area contributed by atoms with Crippen molar-refractivity contribution in [2.24, 2.45) is 0 Å². The lowest BCUT2D eigenvalue weighted by molar-refractivity contribution is 0.0936. The van der Waals surface area contributed by atoms with Gasteiger partial charge in [-0.1, -0.05) is 12.1 Å². The molecule has 0 unspecified atom stereocenters. The fraction of sp³-hybridized carbons (Fsp3) is 0.500. The van der Waals surface area contributed by atoms with Crippen LogP contribution >= 0.6 is 0 Å². The maximum atomic E-state index is 11.7. The number of rotatable bonds is 3. The number of para-hydroxylation sites is 1. The van der Waals surface area contributed by atoms with Crippen molar-refractivity contribution in [2.45, 2.75) is 18.9 Å². The van der Waals surface area contributed by atoms with Gasteiger partial charge in [-0.25, -0.2) is 0 Å². The maximum absolute atomic E-state index is 11.7. The van der Waals surface area contributed by atoms with E-state index in [4.69, 9.17) is 4.74 Å². The van der Waals surface area contributed by atoms with Crippen LogP contribution in [0.3, 0.4) is 0 Å². The molecule has 1 fully saturated rings. The third-order valence-corrected chi connectivity index (χ3v) is 3.32. The van der Waals surface area contributed by atoms with Gasteiger partial charge in [0.2, 0.25) is 0 Å². The molecule has 0 atom stereocenters. The highest BCUT2D eigenvalue weighted by Crippen LogP contribution is 2.22. The van der Waals surface area contributed by atoms with Crippen molar-refractivity contribution in [3.8, 4) is 5.75 Å². The first-order valence-electron chi connectivity index (χ1n) is 6.37. The molecule has 1 aliphatic rings. The van der Waals surface area contributed by atoms with Crippen LogP contribution in [-0.2, 0) is 0 Å². The van der Waals surface area contributed by atoms with Crippen molar-refractivity contribution in [1.82, 2.24) is 10.2 Å². The molecule has 1 aromatic rings. The zero-order chi connectivity index (χ0) is 13.0. The SMILES string of the molecule is CNC(=O)c1ccccc1OC1CCN(C)CC1. The smallest absolute Gasteiger partial charge is 0.254 e. The Morgan fingerprint density at radius 3 is 2.67 bits per heavy atom. The normalized spacial score (nSPS) is 17.4. The van der Waals surface area contributed by atoms with E-state index in [0.29, 0.717) is 11.3 Å². The third-order valence-electron chi connectivity index (χ3n) is 3.32. The number of carbonyl (C=O) groups excluding carboxylic acids is 1. The van der Waals surface area contributed by atoms with E-state index < -0.39 is 0 Å². The van der Waals surface area contributed by atoms with E-state index in [0.717, 1.165) is 25.9 Å². The van der Waals surface area contributed by atoms with E-state index in [1.165, 1.54) is 0 Å². The first-order chi connectivity index (χ1) is 8.70. The molecule has 1 N–H and O–H groups in total. The van der Waals surface area contributed by atoms with Crippen molar-refractivity contribution in [3.05, 3.63) is 29.8 Å². The summed E-state index contributed by atoms with van der Waals surface area (Å²) in [6.45, 7) is 2.10. The van der Waals surface area contributed by atoms with Gasteiger partial charge >= 0.3 is 0 Å². The Balaban J connectivity index is 2.07. The summed E-state index contributed by atoms with van der Waals surface area (Å²) >= 11 is 0. The van der Waals surface area contributed by atoms with Gasteiger partial charge in [-0.2, -0.15) is 0 Å². The van der Waals surface area contributed by atoms with E-state index in [9.17, 15) is 4.79 Å². The van der Waals surface area contributed by atoms with Crippen LogP contribution in [0.25, 0.3) is 0 Å². The van der Waals surface area contributed by atoms with Crippen LogP contribution in [-0.4, -0.2) is 44.1 Å². The zero-order valence-corrected chi connectivity index (χ0v) is 11.0. The summed E-state index contributed by atoms with van der Waals surface area (Å²) in [5.74, 6) is 0.588. The van der Waals surface area contributed by atoms with Gasteiger partial charge in [0.05, 0.1) is 5.56 Å². The lowest BCUT2D eigenvalue weighted by Gasteiger charge is -2.29. The summed E-state index contributed by atoms with van der Waals surface area (Å²) in [4.78, 5) is 14.0. The van der Waals surface area contributed by atoms with Crippen LogP contribution < -0.4 is 10.1 Å². The minimum absolute atomic E-state index is 0.0986. The number of ether oxygens (including phenoxy) is 1. The number of amides is 1. The Morgan fingerprint density at radius 2 is 2.00 bits per heavy atom. The molecule has 1 aromatic carbocycles. The minimum atomic E-state index is -0.0986. The predicted molar refractivity (Wildman–Crippen MR) is 71.0 cm³/mol. The van der Waals surface area contributed by atoms with Crippen molar-refractivity contribution in [2.75, 3.05) is 27.2 Å². The average Bonchev–Trinajstić information content (AvgIpc) is 2.41. The molecule has 4 heteroatoms. The van der Waals surface area contributed by atoms with Crippen molar-refractivity contribution < 1.29 is 9.53 Å². The number of hydrogen-bond donors (Lipinski definition) is 1. The van der Waals surface area contributed by atoms with Gasteiger partial charge in [-0.15, -0.1) is 0 Å². The summed E-state index contributed by atoms with van der Waals surface area (Å²) in [7, 11) is 3.75. The molecule has 1 saturated heterocycles. The summed E-state index contributed by atoms with van der Waals surface area (Å²) in [5.41, 5.74) is 0.610. The average molecular weight is 248 g/mol. The molecule has 0 saturated carbocycles. The van der Waals surface area contributed by atoms with Crippen LogP contribution in [0.2, 0.25) is 0 Å². The van der Waals surface area contributed by atoms with Crippen LogP contribution in [0.15, 0.2) is 24.3 Å². The van der Waals surface area contributed by atoms with Gasteiger partial charge in [0.15, 0.2) is 0 Å². The Labute approximate surface area is 108 Å². The van der Waals surface area contributed by atoms with Crippen LogP contribution in [0.5, 0.6) is 5.75 Å². The molecule has 0 bridgehead atoms. The molecule has 0 radical (unpaired) electrons. The first kappa shape index (κ1) is 12.9. The number of likely N-dealkylation sites (tertiary alicyclic amines) is 1. The van der Waals surface area contributed by atoms with E-state index >= 15 is 0 Å². The maximum Gasteiger partial charge on any atom is 0.254 e. The molecule has 0 aliphatic carbocycles. The molecular weight excluding hydrogens is 228 g/mol. The molecule has 0 aromatic heterocycles. The number of nitrogens with one attached hydrogen (secondary N) is 1. The second kappa shape index (κ2) is 5.87. The van der Waals surface area contributed by atoms with Crippen LogP contribution in [0.1, 0.15) is 23.2 Å². The molecule has 2 rings (SSSR count). The van der Waals surface area contributed by atoms with E-state index in [-0.39, 0.29) is 12.0 Å². The second-order valence-corrected chi connectivity index (χ2v) is 4.70. The van der Waals surface area contributed by atoms with Crippen molar-refractivity contribution in [1.29, 1.82) is 0 Å². The lowest BCUT2D eigenvalue weighted by Crippen LogP contribution is -2.36. The molecule has 4 nitrogen and oxygen atoms in total. The zero-order valence-electron chi connectivity index (χ0n) is 11.0.